The van der Waals surface area contributed by atoms with Crippen molar-refractivity contribution in [1.82, 2.24) is 4.90 Å². The van der Waals surface area contributed by atoms with E-state index >= 15 is 0 Å². The highest BCUT2D eigenvalue weighted by Gasteiger charge is 2.30. The smallest absolute Gasteiger partial charge is 0.338 e. The molecule has 9 heteroatoms. The van der Waals surface area contributed by atoms with Gasteiger partial charge in [-0.05, 0) is 90.2 Å². The molecule has 0 aromatic heterocycles. The maximum absolute atomic E-state index is 12.7. The highest BCUT2D eigenvalue weighted by molar-refractivity contribution is 14.1. The van der Waals surface area contributed by atoms with E-state index in [1.165, 1.54) is 16.7 Å². The summed E-state index contributed by atoms with van der Waals surface area (Å²) in [5.41, 5.74) is 1.69. The van der Waals surface area contributed by atoms with Crippen molar-refractivity contribution in [2.75, 3.05) is 20.3 Å². The van der Waals surface area contributed by atoms with E-state index in [-0.39, 0.29) is 11.7 Å². The molecule has 0 atom stereocenters. The van der Waals surface area contributed by atoms with Crippen LogP contribution in [-0.2, 0) is 9.53 Å². The van der Waals surface area contributed by atoms with Crippen molar-refractivity contribution in [3.05, 3.63) is 56.0 Å². The van der Waals surface area contributed by atoms with Gasteiger partial charge in [0.2, 0.25) is 0 Å². The number of carbonyl (C=O) groups excluding carboxylic acids is 2. The number of ether oxygens (including phenoxy) is 2. The van der Waals surface area contributed by atoms with Gasteiger partial charge in [-0.15, -0.1) is 0 Å². The number of likely N-dealkylation sites (N-methyl/N-ethyl adjacent to an activating group) is 1. The fourth-order valence-corrected chi connectivity index (χ4v) is 4.39. The Hall–Kier alpha value is -2.53. The number of nitrogens with zero attached hydrogens (tertiary/aromatic N) is 2. The van der Waals surface area contributed by atoms with Crippen molar-refractivity contribution < 1.29 is 24.2 Å². The number of halogens is 1. The van der Waals surface area contributed by atoms with Crippen LogP contribution in [0.2, 0.25) is 0 Å². The number of esters is 1. The summed E-state index contributed by atoms with van der Waals surface area (Å²) in [6.07, 6.45) is 1.74. The standard InChI is InChI=1S/C22H21IN2O5S/c1-4-29-17-10-13(9-16(23)19(17)26)11-18-20(27)25(3)22(31-18)24-15-8-6-7-14(12-15)21(28)30-5-2/h6-12,26H,4-5H2,1-3H3. The summed E-state index contributed by atoms with van der Waals surface area (Å²) in [4.78, 5) is 31.2. The van der Waals surface area contributed by atoms with Crippen molar-refractivity contribution >= 4 is 63.2 Å². The molecule has 2 aromatic rings. The molecule has 1 saturated heterocycles. The molecule has 0 aliphatic carbocycles. The fourth-order valence-electron chi connectivity index (χ4n) is 2.77. The van der Waals surface area contributed by atoms with Crippen molar-refractivity contribution in [3.63, 3.8) is 0 Å². The summed E-state index contributed by atoms with van der Waals surface area (Å²) < 4.78 is 11.1. The van der Waals surface area contributed by atoms with Crippen LogP contribution >= 0.6 is 34.4 Å². The number of amidine groups is 1. The summed E-state index contributed by atoms with van der Waals surface area (Å²) in [6, 6.07) is 10.2. The van der Waals surface area contributed by atoms with Gasteiger partial charge in [-0.25, -0.2) is 9.79 Å². The second kappa shape index (κ2) is 10.2. The number of amides is 1. The summed E-state index contributed by atoms with van der Waals surface area (Å²) in [7, 11) is 1.65. The van der Waals surface area contributed by atoms with Crippen molar-refractivity contribution in [2.45, 2.75) is 13.8 Å². The lowest BCUT2D eigenvalue weighted by Gasteiger charge is -2.09. The minimum absolute atomic E-state index is 0.0795. The van der Waals surface area contributed by atoms with Gasteiger partial charge in [0.25, 0.3) is 5.91 Å². The number of aromatic hydroxyl groups is 1. The first kappa shape index (κ1) is 23.1. The Labute approximate surface area is 198 Å². The molecule has 31 heavy (non-hydrogen) atoms. The molecule has 0 radical (unpaired) electrons. The molecule has 2 aromatic carbocycles. The molecule has 0 bridgehead atoms. The summed E-state index contributed by atoms with van der Waals surface area (Å²) in [6.45, 7) is 4.29. The summed E-state index contributed by atoms with van der Waals surface area (Å²) in [5, 5.41) is 10.6. The van der Waals surface area contributed by atoms with Gasteiger partial charge in [0.15, 0.2) is 16.7 Å². The molecule has 7 nitrogen and oxygen atoms in total. The zero-order valence-electron chi connectivity index (χ0n) is 17.2. The maximum atomic E-state index is 12.7. The van der Waals surface area contributed by atoms with Crippen LogP contribution in [0.4, 0.5) is 5.69 Å². The monoisotopic (exact) mass is 552 g/mol. The van der Waals surface area contributed by atoms with E-state index in [1.54, 1.807) is 56.4 Å². The number of benzene rings is 2. The number of hydrogen-bond donors (Lipinski definition) is 1. The first-order valence-corrected chi connectivity index (χ1v) is 11.4. The van der Waals surface area contributed by atoms with Crippen molar-refractivity contribution in [1.29, 1.82) is 0 Å². The molecule has 0 saturated carbocycles. The van der Waals surface area contributed by atoms with Crippen LogP contribution in [0.1, 0.15) is 29.8 Å². The number of carbonyl (C=O) groups is 2. The first-order valence-electron chi connectivity index (χ1n) is 9.52. The van der Waals surface area contributed by atoms with Gasteiger partial charge in [-0.1, -0.05) is 6.07 Å². The fraction of sp³-hybridized carbons (Fsp3) is 0.227. The zero-order chi connectivity index (χ0) is 22.5. The van der Waals surface area contributed by atoms with Gasteiger partial charge in [0.1, 0.15) is 0 Å². The Morgan fingerprint density at radius 2 is 2.03 bits per heavy atom. The summed E-state index contributed by atoms with van der Waals surface area (Å²) >= 11 is 3.26. The van der Waals surface area contributed by atoms with Crippen molar-refractivity contribution in [3.8, 4) is 11.5 Å². The van der Waals surface area contributed by atoms with Crippen LogP contribution < -0.4 is 4.74 Å². The Bertz CT molecular complexity index is 1080. The molecular formula is C22H21IN2O5S. The van der Waals surface area contributed by atoms with E-state index < -0.39 is 5.97 Å². The molecule has 1 aliphatic heterocycles. The Morgan fingerprint density at radius 3 is 2.74 bits per heavy atom. The predicted octanol–water partition coefficient (Wildman–Crippen LogP) is 4.81. The van der Waals surface area contributed by atoms with Gasteiger partial charge in [-0.3, -0.25) is 9.69 Å². The molecule has 1 N–H and O–H groups in total. The Kier molecular flexibility index (Phi) is 7.60. The molecule has 1 fully saturated rings. The van der Waals surface area contributed by atoms with Crippen LogP contribution in [0.5, 0.6) is 11.5 Å². The Balaban J connectivity index is 1.89. The van der Waals surface area contributed by atoms with E-state index in [0.717, 1.165) is 5.56 Å². The van der Waals surface area contributed by atoms with Crippen LogP contribution in [0.15, 0.2) is 46.3 Å². The Morgan fingerprint density at radius 1 is 1.26 bits per heavy atom. The molecular weight excluding hydrogens is 531 g/mol. The summed E-state index contributed by atoms with van der Waals surface area (Å²) in [5.74, 6) is -0.155. The van der Waals surface area contributed by atoms with Crippen LogP contribution in [0.25, 0.3) is 6.08 Å². The second-order valence-electron chi connectivity index (χ2n) is 6.42. The minimum atomic E-state index is -0.416. The normalized spacial score (nSPS) is 16.3. The maximum Gasteiger partial charge on any atom is 0.338 e. The van der Waals surface area contributed by atoms with E-state index in [0.29, 0.717) is 43.9 Å². The van der Waals surface area contributed by atoms with E-state index in [2.05, 4.69) is 4.99 Å². The van der Waals surface area contributed by atoms with E-state index in [1.807, 2.05) is 29.5 Å². The number of phenolic OH excluding ortho intramolecular Hbond substituents is 1. The first-order chi connectivity index (χ1) is 14.8. The highest BCUT2D eigenvalue weighted by Crippen LogP contribution is 2.37. The van der Waals surface area contributed by atoms with Gasteiger partial charge in [0, 0.05) is 7.05 Å². The zero-order valence-corrected chi connectivity index (χ0v) is 20.2. The molecule has 3 rings (SSSR count). The molecule has 0 unspecified atom stereocenters. The average Bonchev–Trinajstić information content (AvgIpc) is 3.00. The average molecular weight is 552 g/mol. The van der Waals surface area contributed by atoms with Gasteiger partial charge in [-0.2, -0.15) is 0 Å². The minimum Gasteiger partial charge on any atom is -0.504 e. The molecule has 162 valence electrons. The lowest BCUT2D eigenvalue weighted by molar-refractivity contribution is -0.121. The number of aliphatic imine (C=N–C) groups is 1. The third-order valence-corrected chi connectivity index (χ3v) is 6.12. The quantitative estimate of drug-likeness (QED) is 0.315. The molecule has 1 heterocycles. The topological polar surface area (TPSA) is 88.4 Å². The van der Waals surface area contributed by atoms with Crippen LogP contribution in [0, 0.1) is 3.57 Å². The van der Waals surface area contributed by atoms with E-state index in [4.69, 9.17) is 9.47 Å². The molecule has 0 spiro atoms. The van der Waals surface area contributed by atoms with Crippen LogP contribution in [0.3, 0.4) is 0 Å². The third kappa shape index (κ3) is 5.40. The predicted molar refractivity (Wildman–Crippen MR) is 130 cm³/mol. The van der Waals surface area contributed by atoms with Gasteiger partial charge in [0.05, 0.1) is 32.9 Å². The second-order valence-corrected chi connectivity index (χ2v) is 8.59. The van der Waals surface area contributed by atoms with Crippen molar-refractivity contribution in [2.24, 2.45) is 4.99 Å². The molecule has 1 amide bonds. The largest absolute Gasteiger partial charge is 0.504 e. The highest BCUT2D eigenvalue weighted by atomic mass is 127. The number of hydrogen-bond acceptors (Lipinski definition) is 7. The van der Waals surface area contributed by atoms with Gasteiger partial charge < -0.3 is 14.6 Å². The SMILES string of the molecule is CCOC(=O)c1cccc(N=C2SC(=Cc3cc(I)c(O)c(OCC)c3)C(=O)N2C)c1. The number of thioether (sulfide) groups is 1. The molecule has 1 aliphatic rings. The van der Waals surface area contributed by atoms with Gasteiger partial charge >= 0.3 is 5.97 Å². The third-order valence-electron chi connectivity index (χ3n) is 4.23. The van der Waals surface area contributed by atoms with Crippen LogP contribution in [-0.4, -0.2) is 47.3 Å². The number of rotatable bonds is 6. The number of phenols is 1. The van der Waals surface area contributed by atoms with E-state index in [9.17, 15) is 14.7 Å². The lowest BCUT2D eigenvalue weighted by atomic mass is 10.2. The lowest BCUT2D eigenvalue weighted by Crippen LogP contribution is -2.23.